The summed E-state index contributed by atoms with van der Waals surface area (Å²) in [6.45, 7) is 4.14. The Morgan fingerprint density at radius 1 is 1.59 bits per heavy atom. The quantitative estimate of drug-likeness (QED) is 0.691. The minimum absolute atomic E-state index is 0.223. The highest BCUT2D eigenvalue weighted by Gasteiger charge is 2.36. The Kier molecular flexibility index (Phi) is 3.13. The first-order valence-electron chi connectivity index (χ1n) is 5.45. The molecule has 5 nitrogen and oxygen atoms in total. The van der Waals surface area contributed by atoms with Crippen molar-refractivity contribution in [3.63, 3.8) is 0 Å². The van der Waals surface area contributed by atoms with Gasteiger partial charge in [-0.15, -0.1) is 11.8 Å². The van der Waals surface area contributed by atoms with E-state index in [1.54, 1.807) is 5.01 Å². The van der Waals surface area contributed by atoms with Gasteiger partial charge >= 0.3 is 0 Å². The van der Waals surface area contributed by atoms with Crippen LogP contribution in [0.5, 0.6) is 0 Å². The van der Waals surface area contributed by atoms with Crippen molar-refractivity contribution in [3.05, 3.63) is 22.0 Å². The summed E-state index contributed by atoms with van der Waals surface area (Å²) >= 11 is 1.46. The van der Waals surface area contributed by atoms with Gasteiger partial charge in [-0.05, 0) is 25.2 Å². The summed E-state index contributed by atoms with van der Waals surface area (Å²) in [5.41, 5.74) is 4.80. The van der Waals surface area contributed by atoms with Crippen molar-refractivity contribution in [1.82, 2.24) is 15.8 Å². The molecule has 0 radical (unpaired) electrons. The number of amidine groups is 1. The molecule has 3 N–H and O–H groups in total. The molecular weight excluding hydrogens is 234 g/mol. The number of nitrogens with one attached hydrogen (secondary N) is 3. The van der Waals surface area contributed by atoms with Gasteiger partial charge in [0.1, 0.15) is 17.5 Å². The maximum absolute atomic E-state index is 9.10. The smallest absolute Gasteiger partial charge is 0.162 e. The lowest BCUT2D eigenvalue weighted by atomic mass is 10.1. The van der Waals surface area contributed by atoms with Gasteiger partial charge in [0.25, 0.3) is 0 Å². The lowest BCUT2D eigenvalue weighted by Gasteiger charge is -2.29. The molecule has 2 heterocycles. The summed E-state index contributed by atoms with van der Waals surface area (Å²) in [6, 6.07) is 2.32. The van der Waals surface area contributed by atoms with E-state index in [-0.39, 0.29) is 11.9 Å². The van der Waals surface area contributed by atoms with Gasteiger partial charge in [0.05, 0.1) is 11.1 Å². The summed E-state index contributed by atoms with van der Waals surface area (Å²) in [5.74, 6) is 1.12. The molecule has 0 bridgehead atoms. The van der Waals surface area contributed by atoms with Crippen LogP contribution in [0.15, 0.2) is 22.0 Å². The number of nitrogens with zero attached hydrogens (tertiary/aromatic N) is 2. The number of rotatable bonds is 2. The fraction of sp³-hybridized carbons (Fsp3) is 0.455. The van der Waals surface area contributed by atoms with Crippen LogP contribution in [0.4, 0.5) is 0 Å². The highest BCUT2D eigenvalue weighted by atomic mass is 32.2. The number of fused-ring (bicyclic) bond motifs is 1. The minimum Gasteiger partial charge on any atom is -0.334 e. The van der Waals surface area contributed by atoms with Crippen LogP contribution in [-0.4, -0.2) is 23.1 Å². The Bertz CT molecular complexity index is 471. The van der Waals surface area contributed by atoms with Gasteiger partial charge in [0.2, 0.25) is 0 Å². The Hall–Kier alpha value is -1.45. The average molecular weight is 249 g/mol. The van der Waals surface area contributed by atoms with Gasteiger partial charge in [-0.2, -0.15) is 5.26 Å². The van der Waals surface area contributed by atoms with E-state index in [1.807, 2.05) is 13.2 Å². The molecule has 0 saturated heterocycles. The van der Waals surface area contributed by atoms with E-state index in [0.29, 0.717) is 5.57 Å². The van der Waals surface area contributed by atoms with Crippen LogP contribution in [0, 0.1) is 16.7 Å². The third kappa shape index (κ3) is 1.72. The lowest BCUT2D eigenvalue weighted by molar-refractivity contribution is 0.357. The highest BCUT2D eigenvalue weighted by molar-refractivity contribution is 8.02. The van der Waals surface area contributed by atoms with Crippen LogP contribution in [0.2, 0.25) is 0 Å². The first-order valence-corrected chi connectivity index (χ1v) is 6.67. The number of hydrazine groups is 1. The van der Waals surface area contributed by atoms with E-state index in [4.69, 9.17) is 10.7 Å². The van der Waals surface area contributed by atoms with E-state index < -0.39 is 0 Å². The largest absolute Gasteiger partial charge is 0.334 e. The van der Waals surface area contributed by atoms with Gasteiger partial charge in [0.15, 0.2) is 5.84 Å². The number of thioether (sulfide) groups is 1. The van der Waals surface area contributed by atoms with Crippen molar-refractivity contribution < 1.29 is 0 Å². The molecule has 0 fully saturated rings. The molecule has 0 aromatic heterocycles. The first-order chi connectivity index (χ1) is 8.13. The summed E-state index contributed by atoms with van der Waals surface area (Å²) < 4.78 is 0. The molecule has 2 aliphatic rings. The Balaban J connectivity index is 2.44. The fourth-order valence-electron chi connectivity index (χ4n) is 2.03. The molecule has 0 amide bonds. The monoisotopic (exact) mass is 249 g/mol. The van der Waals surface area contributed by atoms with Crippen LogP contribution in [0.25, 0.3) is 0 Å². The van der Waals surface area contributed by atoms with Gasteiger partial charge in [-0.25, -0.2) is 10.4 Å². The summed E-state index contributed by atoms with van der Waals surface area (Å²) in [7, 11) is 0. The third-order valence-electron chi connectivity index (χ3n) is 3.05. The van der Waals surface area contributed by atoms with Gasteiger partial charge in [-0.1, -0.05) is 6.92 Å². The van der Waals surface area contributed by atoms with E-state index in [0.717, 1.165) is 17.3 Å². The molecule has 0 aromatic rings. The third-order valence-corrected chi connectivity index (χ3v) is 3.76. The Morgan fingerprint density at radius 2 is 2.29 bits per heavy atom. The molecule has 1 atom stereocenters. The number of hydrogen-bond donors (Lipinski definition) is 3. The molecule has 2 aliphatic heterocycles. The lowest BCUT2D eigenvalue weighted by Crippen LogP contribution is -2.47. The van der Waals surface area contributed by atoms with Crippen LogP contribution in [0.3, 0.4) is 0 Å². The standard InChI is InChI=1S/C11H15N5S/c1-4-8-6(2)10-14-11(17-3)7(5-12)9(13)16(10)15-8/h8,13-15H,4H2,1-3H3. The van der Waals surface area contributed by atoms with Crippen LogP contribution in [-0.2, 0) is 0 Å². The molecule has 0 aliphatic carbocycles. The van der Waals surface area contributed by atoms with Crippen molar-refractivity contribution >= 4 is 17.6 Å². The van der Waals surface area contributed by atoms with Crippen molar-refractivity contribution in [2.45, 2.75) is 26.3 Å². The van der Waals surface area contributed by atoms with Crippen molar-refractivity contribution in [2.75, 3.05) is 6.26 Å². The topological polar surface area (TPSA) is 74.9 Å². The van der Waals surface area contributed by atoms with E-state index in [9.17, 15) is 0 Å². The fourth-order valence-corrected chi connectivity index (χ4v) is 2.58. The van der Waals surface area contributed by atoms with E-state index in [1.165, 1.54) is 17.3 Å². The van der Waals surface area contributed by atoms with Crippen molar-refractivity contribution in [1.29, 1.82) is 10.7 Å². The van der Waals surface area contributed by atoms with Gasteiger partial charge in [0, 0.05) is 0 Å². The molecule has 0 aromatic carbocycles. The molecule has 1 unspecified atom stereocenters. The van der Waals surface area contributed by atoms with Crippen molar-refractivity contribution in [3.8, 4) is 6.07 Å². The Labute approximate surface area is 105 Å². The molecule has 0 saturated carbocycles. The zero-order valence-corrected chi connectivity index (χ0v) is 10.9. The Morgan fingerprint density at radius 3 is 2.82 bits per heavy atom. The second-order valence-corrected chi connectivity index (χ2v) is 4.77. The van der Waals surface area contributed by atoms with Crippen LogP contribution in [0.1, 0.15) is 20.3 Å². The molecule has 90 valence electrons. The second kappa shape index (κ2) is 4.43. The zero-order valence-electron chi connectivity index (χ0n) is 10.1. The summed E-state index contributed by atoms with van der Waals surface area (Å²) in [5, 5.41) is 22.8. The SMILES string of the molecule is CCC1NN2C(=N)C(C#N)=C(SC)NC2=C1C. The predicted molar refractivity (Wildman–Crippen MR) is 68.8 cm³/mol. The second-order valence-electron chi connectivity index (χ2n) is 3.95. The zero-order chi connectivity index (χ0) is 12.6. The van der Waals surface area contributed by atoms with Crippen LogP contribution < -0.4 is 10.7 Å². The number of nitriles is 1. The van der Waals surface area contributed by atoms with Gasteiger partial charge < -0.3 is 5.32 Å². The predicted octanol–water partition coefficient (Wildman–Crippen LogP) is 1.50. The minimum atomic E-state index is 0.223. The van der Waals surface area contributed by atoms with Crippen molar-refractivity contribution in [2.24, 2.45) is 0 Å². The molecule has 6 heteroatoms. The molecule has 2 rings (SSSR count). The normalized spacial score (nSPS) is 23.8. The average Bonchev–Trinajstić information content (AvgIpc) is 2.66. The van der Waals surface area contributed by atoms with Gasteiger partial charge in [-0.3, -0.25) is 5.41 Å². The molecular formula is C11H15N5S. The molecule has 0 spiro atoms. The number of hydrogen-bond acceptors (Lipinski definition) is 5. The van der Waals surface area contributed by atoms with E-state index in [2.05, 4.69) is 23.7 Å². The first kappa shape index (κ1) is 12.0. The highest BCUT2D eigenvalue weighted by Crippen LogP contribution is 2.30. The summed E-state index contributed by atoms with van der Waals surface area (Å²) in [6.07, 6.45) is 2.86. The maximum Gasteiger partial charge on any atom is 0.162 e. The van der Waals surface area contributed by atoms with Crippen LogP contribution >= 0.6 is 11.8 Å². The maximum atomic E-state index is 9.10. The van der Waals surface area contributed by atoms with E-state index >= 15 is 0 Å². The molecule has 17 heavy (non-hydrogen) atoms. The summed E-state index contributed by atoms with van der Waals surface area (Å²) in [4.78, 5) is 0.